The Labute approximate surface area is 117 Å². The molecule has 2 nitrogen and oxygen atoms in total. The summed E-state index contributed by atoms with van der Waals surface area (Å²) in [6.07, 6.45) is 0. The minimum absolute atomic E-state index is 0.136. The summed E-state index contributed by atoms with van der Waals surface area (Å²) in [5, 5.41) is 9.38. The fourth-order valence-corrected chi connectivity index (χ4v) is 2.33. The van der Waals surface area contributed by atoms with Crippen molar-refractivity contribution in [1.82, 2.24) is 0 Å². The molecule has 0 saturated carbocycles. The quantitative estimate of drug-likeness (QED) is 0.867. The van der Waals surface area contributed by atoms with Gasteiger partial charge >= 0.3 is 5.97 Å². The summed E-state index contributed by atoms with van der Waals surface area (Å²) in [6, 6.07) is 9.31. The Kier molecular flexibility index (Phi) is 3.63. The van der Waals surface area contributed by atoms with Crippen molar-refractivity contribution in [3.63, 3.8) is 0 Å². The van der Waals surface area contributed by atoms with Crippen LogP contribution in [-0.4, -0.2) is 11.1 Å². The lowest BCUT2D eigenvalue weighted by atomic mass is 9.94. The Morgan fingerprint density at radius 1 is 1.00 bits per heavy atom. The molecule has 0 bridgehead atoms. The van der Waals surface area contributed by atoms with Crippen LogP contribution in [0.15, 0.2) is 30.3 Å². The van der Waals surface area contributed by atoms with Gasteiger partial charge in [0.05, 0.1) is 10.6 Å². The van der Waals surface area contributed by atoms with Crippen molar-refractivity contribution in [2.75, 3.05) is 0 Å². The van der Waals surface area contributed by atoms with E-state index in [1.165, 1.54) is 11.1 Å². The maximum atomic E-state index is 11.1. The van der Waals surface area contributed by atoms with Crippen LogP contribution in [0.2, 0.25) is 5.02 Å². The zero-order valence-corrected chi connectivity index (χ0v) is 11.9. The van der Waals surface area contributed by atoms with Crippen LogP contribution in [-0.2, 0) is 0 Å². The molecule has 0 heterocycles. The van der Waals surface area contributed by atoms with Crippen molar-refractivity contribution in [2.45, 2.75) is 20.8 Å². The van der Waals surface area contributed by atoms with Gasteiger partial charge in [0.2, 0.25) is 0 Å². The number of rotatable bonds is 2. The molecule has 0 amide bonds. The Bertz CT molecular complexity index is 660. The molecule has 3 heteroatoms. The predicted octanol–water partition coefficient (Wildman–Crippen LogP) is 4.63. The molecule has 2 aromatic carbocycles. The third-order valence-corrected chi connectivity index (χ3v) is 3.68. The van der Waals surface area contributed by atoms with E-state index in [9.17, 15) is 4.79 Å². The molecule has 19 heavy (non-hydrogen) atoms. The first-order valence-corrected chi connectivity index (χ1v) is 6.39. The van der Waals surface area contributed by atoms with Gasteiger partial charge in [0, 0.05) is 0 Å². The lowest BCUT2D eigenvalue weighted by Crippen LogP contribution is -1.98. The van der Waals surface area contributed by atoms with Crippen molar-refractivity contribution < 1.29 is 9.90 Å². The van der Waals surface area contributed by atoms with Gasteiger partial charge in [-0.05, 0) is 60.7 Å². The summed E-state index contributed by atoms with van der Waals surface area (Å²) in [5.74, 6) is -1.01. The summed E-state index contributed by atoms with van der Waals surface area (Å²) >= 11 is 5.89. The molecule has 0 aliphatic rings. The van der Waals surface area contributed by atoms with Crippen LogP contribution in [0.1, 0.15) is 27.0 Å². The molecule has 1 N–H and O–H groups in total. The number of hydrogen-bond acceptors (Lipinski definition) is 1. The van der Waals surface area contributed by atoms with E-state index in [2.05, 4.69) is 19.1 Å². The lowest BCUT2D eigenvalue weighted by Gasteiger charge is -2.11. The normalized spacial score (nSPS) is 10.5. The summed E-state index contributed by atoms with van der Waals surface area (Å²) in [6.45, 7) is 6.14. The van der Waals surface area contributed by atoms with Gasteiger partial charge in [-0.15, -0.1) is 0 Å². The molecule has 0 aromatic heterocycles. The van der Waals surface area contributed by atoms with Gasteiger partial charge in [-0.25, -0.2) is 4.79 Å². The van der Waals surface area contributed by atoms with Crippen molar-refractivity contribution in [2.24, 2.45) is 0 Å². The topological polar surface area (TPSA) is 37.3 Å². The Hall–Kier alpha value is -1.80. The van der Waals surface area contributed by atoms with E-state index in [1.54, 1.807) is 12.1 Å². The first-order valence-electron chi connectivity index (χ1n) is 6.01. The summed E-state index contributed by atoms with van der Waals surface area (Å²) < 4.78 is 0. The van der Waals surface area contributed by atoms with Crippen molar-refractivity contribution >= 4 is 17.6 Å². The first kappa shape index (κ1) is 13.6. The molecular formula is C16H15ClO2. The van der Waals surface area contributed by atoms with Crippen LogP contribution in [0, 0.1) is 20.8 Å². The second kappa shape index (κ2) is 5.06. The van der Waals surface area contributed by atoms with Crippen LogP contribution in [0.3, 0.4) is 0 Å². The molecule has 0 saturated heterocycles. The van der Waals surface area contributed by atoms with Gasteiger partial charge in [-0.3, -0.25) is 0 Å². The van der Waals surface area contributed by atoms with E-state index in [-0.39, 0.29) is 10.6 Å². The van der Waals surface area contributed by atoms with Gasteiger partial charge < -0.3 is 5.11 Å². The lowest BCUT2D eigenvalue weighted by molar-refractivity contribution is 0.0697. The minimum Gasteiger partial charge on any atom is -0.478 e. The van der Waals surface area contributed by atoms with E-state index in [0.717, 1.165) is 16.7 Å². The molecule has 2 aromatic rings. The average molecular weight is 275 g/mol. The molecule has 0 aliphatic carbocycles. The standard InChI is InChI=1S/C16H15ClO2/c1-9-6-11(3)13(7-10(9)2)12-4-5-15(17)14(8-12)16(18)19/h4-8H,1-3H3,(H,18,19). The maximum Gasteiger partial charge on any atom is 0.337 e. The molecule has 98 valence electrons. The Morgan fingerprint density at radius 3 is 2.26 bits per heavy atom. The van der Waals surface area contributed by atoms with E-state index < -0.39 is 5.97 Å². The van der Waals surface area contributed by atoms with E-state index >= 15 is 0 Å². The van der Waals surface area contributed by atoms with E-state index in [1.807, 2.05) is 19.9 Å². The fraction of sp³-hybridized carbons (Fsp3) is 0.188. The monoisotopic (exact) mass is 274 g/mol. The van der Waals surface area contributed by atoms with E-state index in [0.29, 0.717) is 0 Å². The van der Waals surface area contributed by atoms with Gasteiger partial charge in [0.15, 0.2) is 0 Å². The number of hydrogen-bond donors (Lipinski definition) is 1. The highest BCUT2D eigenvalue weighted by atomic mass is 35.5. The van der Waals surface area contributed by atoms with Crippen LogP contribution < -0.4 is 0 Å². The van der Waals surface area contributed by atoms with Gasteiger partial charge in [0.25, 0.3) is 0 Å². The number of carboxylic acid groups (broad SMARTS) is 1. The Morgan fingerprint density at radius 2 is 1.63 bits per heavy atom. The molecular weight excluding hydrogens is 260 g/mol. The second-order valence-electron chi connectivity index (χ2n) is 4.75. The molecule has 2 rings (SSSR count). The zero-order chi connectivity index (χ0) is 14.2. The molecule has 0 unspecified atom stereocenters. The fourth-order valence-electron chi connectivity index (χ4n) is 2.13. The number of aryl methyl sites for hydroxylation is 3. The number of aromatic carboxylic acids is 1. The highest BCUT2D eigenvalue weighted by molar-refractivity contribution is 6.33. The largest absolute Gasteiger partial charge is 0.478 e. The number of halogens is 1. The third kappa shape index (κ3) is 2.64. The molecule has 0 atom stereocenters. The second-order valence-corrected chi connectivity index (χ2v) is 5.16. The van der Waals surface area contributed by atoms with Crippen LogP contribution in [0.25, 0.3) is 11.1 Å². The van der Waals surface area contributed by atoms with Crippen LogP contribution in [0.5, 0.6) is 0 Å². The smallest absolute Gasteiger partial charge is 0.337 e. The highest BCUT2D eigenvalue weighted by Crippen LogP contribution is 2.29. The Balaban J connectivity index is 2.63. The van der Waals surface area contributed by atoms with Gasteiger partial charge in [-0.2, -0.15) is 0 Å². The highest BCUT2D eigenvalue weighted by Gasteiger charge is 2.12. The minimum atomic E-state index is -1.01. The van der Waals surface area contributed by atoms with Crippen LogP contribution in [0.4, 0.5) is 0 Å². The average Bonchev–Trinajstić information content (AvgIpc) is 2.34. The van der Waals surface area contributed by atoms with Gasteiger partial charge in [-0.1, -0.05) is 29.8 Å². The maximum absolute atomic E-state index is 11.1. The van der Waals surface area contributed by atoms with Gasteiger partial charge in [0.1, 0.15) is 0 Å². The SMILES string of the molecule is Cc1cc(C)c(-c2ccc(Cl)c(C(=O)O)c2)cc1C. The zero-order valence-electron chi connectivity index (χ0n) is 11.1. The van der Waals surface area contributed by atoms with Crippen molar-refractivity contribution in [3.05, 3.63) is 57.6 Å². The van der Waals surface area contributed by atoms with E-state index in [4.69, 9.17) is 16.7 Å². The molecule has 0 fully saturated rings. The molecule has 0 aliphatic heterocycles. The predicted molar refractivity (Wildman–Crippen MR) is 78.1 cm³/mol. The number of carboxylic acids is 1. The van der Waals surface area contributed by atoms with Crippen LogP contribution >= 0.6 is 11.6 Å². The summed E-state index contributed by atoms with van der Waals surface area (Å²) in [7, 11) is 0. The molecule has 0 radical (unpaired) electrons. The summed E-state index contributed by atoms with van der Waals surface area (Å²) in [4.78, 5) is 11.1. The third-order valence-electron chi connectivity index (χ3n) is 3.35. The van der Waals surface area contributed by atoms with Crippen molar-refractivity contribution in [3.8, 4) is 11.1 Å². The first-order chi connectivity index (χ1) is 8.90. The van der Waals surface area contributed by atoms with Crippen molar-refractivity contribution in [1.29, 1.82) is 0 Å². The number of carbonyl (C=O) groups is 1. The number of benzene rings is 2. The summed E-state index contributed by atoms with van der Waals surface area (Å²) in [5.41, 5.74) is 5.60. The molecule has 0 spiro atoms.